The molecule has 10 heteroatoms. The van der Waals surface area contributed by atoms with E-state index in [0.717, 1.165) is 32.5 Å². The minimum atomic E-state index is -0.903. The van der Waals surface area contributed by atoms with Gasteiger partial charge >= 0.3 is 6.01 Å². The number of hydrogen-bond acceptors (Lipinski definition) is 7. The van der Waals surface area contributed by atoms with Crippen LogP contribution in [0, 0.1) is 35.8 Å². The van der Waals surface area contributed by atoms with Crippen LogP contribution in [0.2, 0.25) is 0 Å². The Morgan fingerprint density at radius 1 is 1.14 bits per heavy atom. The van der Waals surface area contributed by atoms with Crippen molar-refractivity contribution in [1.29, 1.82) is 0 Å². The molecule has 42 heavy (non-hydrogen) atoms. The Morgan fingerprint density at radius 3 is 2.79 bits per heavy atom. The van der Waals surface area contributed by atoms with Gasteiger partial charge in [-0.3, -0.25) is 9.88 Å². The predicted molar refractivity (Wildman–Crippen MR) is 152 cm³/mol. The quantitative estimate of drug-likeness (QED) is 0.329. The number of alkyl halides is 1. The van der Waals surface area contributed by atoms with Gasteiger partial charge in [0.1, 0.15) is 41.4 Å². The van der Waals surface area contributed by atoms with Crippen LogP contribution < -0.4 is 9.64 Å². The summed E-state index contributed by atoms with van der Waals surface area (Å²) in [6.45, 7) is 3.05. The number of hydrogen-bond donors (Lipinski definition) is 1. The van der Waals surface area contributed by atoms with Gasteiger partial charge in [0, 0.05) is 43.2 Å². The third kappa shape index (κ3) is 3.90. The third-order valence-electron chi connectivity index (χ3n) is 9.60. The average Bonchev–Trinajstić information content (AvgIpc) is 3.24. The predicted octanol–water partition coefficient (Wildman–Crippen LogP) is 5.22. The van der Waals surface area contributed by atoms with Crippen molar-refractivity contribution in [2.45, 2.75) is 37.4 Å². The number of aromatic hydroxyl groups is 1. The van der Waals surface area contributed by atoms with E-state index in [-0.39, 0.29) is 46.1 Å². The molecule has 0 amide bonds. The molecule has 1 saturated carbocycles. The average molecular weight is 572 g/mol. The number of aromatic nitrogens is 3. The zero-order valence-electron chi connectivity index (χ0n) is 22.8. The largest absolute Gasteiger partial charge is 0.508 e. The standard InChI is InChI=1S/C32H28F3N5O2/c1-2-22-25(34)5-4-17-9-21(41)10-23(26(17)22)28-27(35)29-24(12-36-28)30(39-13-18-8-19(18)14-39)38-31(37-29)42-16-32-6-3-7-40(32)15-20(33)11-32/h1,4-5,9-10,12,18-20,41H,3,6-8,11,13-16H2/t18?,19?,20-,32+/m1/s1. The lowest BCUT2D eigenvalue weighted by molar-refractivity contribution is 0.107. The summed E-state index contributed by atoms with van der Waals surface area (Å²) in [5.41, 5.74) is -0.420. The first kappa shape index (κ1) is 25.6. The van der Waals surface area contributed by atoms with Crippen LogP contribution in [0.3, 0.4) is 0 Å². The number of anilines is 1. The minimum absolute atomic E-state index is 0.00583. The second-order valence-electron chi connectivity index (χ2n) is 12.2. The summed E-state index contributed by atoms with van der Waals surface area (Å²) in [6.07, 6.45) is 9.63. The Labute approximate surface area is 240 Å². The molecule has 5 heterocycles. The van der Waals surface area contributed by atoms with Gasteiger partial charge in [-0.25, -0.2) is 13.2 Å². The lowest BCUT2D eigenvalue weighted by Crippen LogP contribution is -2.43. The molecule has 3 saturated heterocycles. The summed E-state index contributed by atoms with van der Waals surface area (Å²) >= 11 is 0. The summed E-state index contributed by atoms with van der Waals surface area (Å²) < 4.78 is 51.8. The first-order chi connectivity index (χ1) is 20.3. The van der Waals surface area contributed by atoms with Crippen LogP contribution in [-0.4, -0.2) is 69.5 Å². The molecule has 1 N–H and O–H groups in total. The van der Waals surface area contributed by atoms with Gasteiger partial charge < -0.3 is 14.7 Å². The van der Waals surface area contributed by atoms with Gasteiger partial charge in [-0.05, 0) is 61.2 Å². The first-order valence-electron chi connectivity index (χ1n) is 14.4. The lowest BCUT2D eigenvalue weighted by atomic mass is 9.95. The maximum absolute atomic E-state index is 16.6. The summed E-state index contributed by atoms with van der Waals surface area (Å²) in [5.74, 6) is 2.58. The number of pyridine rings is 1. The highest BCUT2D eigenvalue weighted by atomic mass is 19.1. The Morgan fingerprint density at radius 2 is 1.98 bits per heavy atom. The molecule has 2 aromatic carbocycles. The molecule has 3 aliphatic heterocycles. The van der Waals surface area contributed by atoms with Crippen LogP contribution in [0.15, 0.2) is 30.5 Å². The topological polar surface area (TPSA) is 74.6 Å². The molecule has 8 rings (SSSR count). The minimum Gasteiger partial charge on any atom is -0.508 e. The Bertz CT molecular complexity index is 1820. The van der Waals surface area contributed by atoms with Crippen LogP contribution in [0.4, 0.5) is 19.0 Å². The van der Waals surface area contributed by atoms with Gasteiger partial charge in [0.05, 0.1) is 16.5 Å². The highest BCUT2D eigenvalue weighted by Gasteiger charge is 2.50. The molecular weight excluding hydrogens is 543 g/mol. The number of benzene rings is 2. The fourth-order valence-corrected chi connectivity index (χ4v) is 7.49. The number of phenols is 1. The number of piperidine rings is 1. The van der Waals surface area contributed by atoms with Crippen molar-refractivity contribution >= 4 is 27.5 Å². The molecule has 4 aromatic rings. The van der Waals surface area contributed by atoms with Gasteiger partial charge in [0.15, 0.2) is 5.82 Å². The van der Waals surface area contributed by atoms with Gasteiger partial charge in [0.25, 0.3) is 0 Å². The van der Waals surface area contributed by atoms with E-state index in [1.54, 1.807) is 0 Å². The molecule has 4 aliphatic rings. The van der Waals surface area contributed by atoms with Gasteiger partial charge in [-0.2, -0.15) is 9.97 Å². The van der Waals surface area contributed by atoms with Crippen LogP contribution in [0.1, 0.15) is 31.2 Å². The van der Waals surface area contributed by atoms with Crippen LogP contribution in [0.5, 0.6) is 11.8 Å². The number of halogens is 3. The van der Waals surface area contributed by atoms with Crippen LogP contribution in [-0.2, 0) is 0 Å². The zero-order valence-corrected chi connectivity index (χ0v) is 22.8. The van der Waals surface area contributed by atoms with Crippen molar-refractivity contribution in [3.63, 3.8) is 0 Å². The lowest BCUT2D eigenvalue weighted by Gasteiger charge is -2.31. The molecule has 7 nitrogen and oxygen atoms in total. The number of ether oxygens (including phenoxy) is 1. The SMILES string of the molecule is C#Cc1c(F)ccc2cc(O)cc(-c3ncc4c(N5CC6CC6C5)nc(OC[C@@]56CCCN5C[C@H](F)C6)nc4c3F)c12. The normalized spacial score (nSPS) is 26.5. The summed E-state index contributed by atoms with van der Waals surface area (Å²) in [5, 5.41) is 11.6. The van der Waals surface area contributed by atoms with Crippen molar-refractivity contribution in [1.82, 2.24) is 19.9 Å². The molecule has 214 valence electrons. The Kier molecular flexibility index (Phi) is 5.61. The third-order valence-corrected chi connectivity index (χ3v) is 9.60. The van der Waals surface area contributed by atoms with Crippen molar-refractivity contribution in [3.8, 4) is 35.4 Å². The number of nitrogens with zero attached hydrogens (tertiary/aromatic N) is 5. The van der Waals surface area contributed by atoms with E-state index < -0.39 is 23.3 Å². The molecule has 0 spiro atoms. The molecule has 4 fully saturated rings. The van der Waals surface area contributed by atoms with E-state index in [9.17, 15) is 13.9 Å². The van der Waals surface area contributed by atoms with E-state index in [4.69, 9.17) is 16.1 Å². The second-order valence-corrected chi connectivity index (χ2v) is 12.2. The fraction of sp³-hybridized carbons (Fsp3) is 0.406. The van der Waals surface area contributed by atoms with Gasteiger partial charge in [-0.1, -0.05) is 12.0 Å². The summed E-state index contributed by atoms with van der Waals surface area (Å²) in [7, 11) is 0. The highest BCUT2D eigenvalue weighted by molar-refractivity contribution is 6.03. The second kappa shape index (κ2) is 9.20. The number of terminal acetylenes is 1. The maximum atomic E-state index is 16.6. The number of fused-ring (bicyclic) bond motifs is 4. The van der Waals surface area contributed by atoms with E-state index in [2.05, 4.69) is 25.7 Å². The van der Waals surface area contributed by atoms with Crippen LogP contribution >= 0.6 is 0 Å². The molecule has 2 aromatic heterocycles. The van der Waals surface area contributed by atoms with Crippen molar-refractivity contribution < 1.29 is 23.0 Å². The summed E-state index contributed by atoms with van der Waals surface area (Å²) in [4.78, 5) is 18.0. The molecule has 0 bridgehead atoms. The molecule has 1 aliphatic carbocycles. The van der Waals surface area contributed by atoms with Gasteiger partial charge in [0.2, 0.25) is 0 Å². The summed E-state index contributed by atoms with van der Waals surface area (Å²) in [6, 6.07) is 5.49. The zero-order chi connectivity index (χ0) is 28.7. The molecule has 2 unspecified atom stereocenters. The Hall–Kier alpha value is -4.10. The number of phenolic OH excluding ortho intramolecular Hbond substituents is 1. The van der Waals surface area contributed by atoms with Gasteiger partial charge in [-0.15, -0.1) is 6.42 Å². The fourth-order valence-electron chi connectivity index (χ4n) is 7.49. The number of rotatable bonds is 5. The molecule has 4 atom stereocenters. The van der Waals surface area contributed by atoms with Crippen molar-refractivity contribution in [2.24, 2.45) is 11.8 Å². The van der Waals surface area contributed by atoms with E-state index in [1.807, 2.05) is 0 Å². The highest BCUT2D eigenvalue weighted by Crippen LogP contribution is 2.48. The molecular formula is C32H28F3N5O2. The smallest absolute Gasteiger partial charge is 0.319 e. The monoisotopic (exact) mass is 571 g/mol. The maximum Gasteiger partial charge on any atom is 0.319 e. The van der Waals surface area contributed by atoms with Crippen LogP contribution in [0.25, 0.3) is 32.9 Å². The first-order valence-corrected chi connectivity index (χ1v) is 14.4. The van der Waals surface area contributed by atoms with Crippen molar-refractivity contribution in [2.75, 3.05) is 37.7 Å². The van der Waals surface area contributed by atoms with E-state index in [0.29, 0.717) is 41.4 Å². The van der Waals surface area contributed by atoms with Crippen molar-refractivity contribution in [3.05, 3.63) is 47.7 Å². The Balaban J connectivity index is 1.27. The van der Waals surface area contributed by atoms with E-state index in [1.165, 1.54) is 36.9 Å². The van der Waals surface area contributed by atoms with E-state index >= 15 is 4.39 Å². The molecule has 0 radical (unpaired) electrons.